The van der Waals surface area contributed by atoms with Crippen molar-refractivity contribution in [1.82, 2.24) is 0 Å². The summed E-state index contributed by atoms with van der Waals surface area (Å²) in [6, 6.07) is 0. The van der Waals surface area contributed by atoms with Gasteiger partial charge in [0.2, 0.25) is 0 Å². The average Bonchev–Trinajstić information content (AvgIpc) is 1.91. The van der Waals surface area contributed by atoms with Gasteiger partial charge in [-0.1, -0.05) is 13.0 Å². The van der Waals surface area contributed by atoms with Crippen molar-refractivity contribution in [3.8, 4) is 0 Å². The molecule has 0 aliphatic carbocycles. The van der Waals surface area contributed by atoms with Crippen molar-refractivity contribution in [2.75, 3.05) is 7.05 Å². The van der Waals surface area contributed by atoms with Crippen molar-refractivity contribution >= 4 is 5.71 Å². The highest BCUT2D eigenvalue weighted by Crippen LogP contribution is 1.96. The highest BCUT2D eigenvalue weighted by molar-refractivity contribution is 5.84. The third kappa shape index (κ3) is 3.95. The Kier molecular flexibility index (Phi) is 5.18. The monoisotopic (exact) mass is 125 g/mol. The minimum Gasteiger partial charge on any atom is -0.297 e. The second-order valence-corrected chi connectivity index (χ2v) is 1.97. The predicted molar refractivity (Wildman–Crippen MR) is 43.1 cm³/mol. The Balaban J connectivity index is 3.44. The molecule has 0 heterocycles. The van der Waals surface area contributed by atoms with Gasteiger partial charge in [0.25, 0.3) is 0 Å². The molecule has 0 atom stereocenters. The summed E-state index contributed by atoms with van der Waals surface area (Å²) in [6.45, 7) is 5.78. The molecule has 0 unspecified atom stereocenters. The van der Waals surface area contributed by atoms with Crippen LogP contribution in [0.3, 0.4) is 0 Å². The number of nitrogens with zero attached hydrogens (tertiary/aromatic N) is 1. The lowest BCUT2D eigenvalue weighted by molar-refractivity contribution is 1.04. The SMILES string of the molecule is C=CCCC(CC)=NC. The van der Waals surface area contributed by atoms with Crippen molar-refractivity contribution in [2.24, 2.45) is 4.99 Å². The maximum atomic E-state index is 4.11. The summed E-state index contributed by atoms with van der Waals surface area (Å²) in [5.41, 5.74) is 1.29. The molecular formula is C8H15N. The number of hydrogen-bond donors (Lipinski definition) is 0. The molecule has 0 radical (unpaired) electrons. The van der Waals surface area contributed by atoms with Gasteiger partial charge in [-0.2, -0.15) is 0 Å². The van der Waals surface area contributed by atoms with E-state index in [0.717, 1.165) is 19.3 Å². The van der Waals surface area contributed by atoms with Gasteiger partial charge in [-0.25, -0.2) is 0 Å². The van der Waals surface area contributed by atoms with Crippen LogP contribution in [0.25, 0.3) is 0 Å². The van der Waals surface area contributed by atoms with E-state index < -0.39 is 0 Å². The normalized spacial score (nSPS) is 11.6. The summed E-state index contributed by atoms with van der Waals surface area (Å²) in [4.78, 5) is 4.11. The molecule has 0 spiro atoms. The molecule has 0 aromatic heterocycles. The number of aliphatic imine (C=N–C) groups is 1. The van der Waals surface area contributed by atoms with E-state index in [1.165, 1.54) is 5.71 Å². The van der Waals surface area contributed by atoms with Crippen LogP contribution in [0.15, 0.2) is 17.6 Å². The maximum Gasteiger partial charge on any atom is 0.0276 e. The van der Waals surface area contributed by atoms with Crippen LogP contribution in [0.1, 0.15) is 26.2 Å². The zero-order valence-corrected chi connectivity index (χ0v) is 6.35. The second-order valence-electron chi connectivity index (χ2n) is 1.97. The van der Waals surface area contributed by atoms with Gasteiger partial charge in [-0.3, -0.25) is 4.99 Å². The Morgan fingerprint density at radius 1 is 1.67 bits per heavy atom. The Morgan fingerprint density at radius 2 is 2.33 bits per heavy atom. The van der Waals surface area contributed by atoms with Crippen LogP contribution in [-0.2, 0) is 0 Å². The van der Waals surface area contributed by atoms with Crippen LogP contribution in [-0.4, -0.2) is 12.8 Å². The summed E-state index contributed by atoms with van der Waals surface area (Å²) in [5.74, 6) is 0. The molecule has 0 saturated heterocycles. The minimum absolute atomic E-state index is 1.06. The second kappa shape index (κ2) is 5.54. The molecule has 0 N–H and O–H groups in total. The largest absolute Gasteiger partial charge is 0.297 e. The van der Waals surface area contributed by atoms with Gasteiger partial charge in [-0.15, -0.1) is 6.58 Å². The van der Waals surface area contributed by atoms with E-state index in [1.54, 1.807) is 0 Å². The molecule has 1 heteroatoms. The van der Waals surface area contributed by atoms with Gasteiger partial charge in [0, 0.05) is 12.8 Å². The summed E-state index contributed by atoms with van der Waals surface area (Å²) in [5, 5.41) is 0. The first-order chi connectivity index (χ1) is 4.35. The molecular weight excluding hydrogens is 110 g/mol. The molecule has 0 aromatic carbocycles. The van der Waals surface area contributed by atoms with E-state index in [1.807, 2.05) is 13.1 Å². The van der Waals surface area contributed by atoms with Crippen molar-refractivity contribution < 1.29 is 0 Å². The first-order valence-electron chi connectivity index (χ1n) is 3.40. The lowest BCUT2D eigenvalue weighted by atomic mass is 10.2. The molecule has 0 aliphatic rings. The molecule has 52 valence electrons. The molecule has 0 saturated carbocycles. The first-order valence-corrected chi connectivity index (χ1v) is 3.40. The van der Waals surface area contributed by atoms with Crippen molar-refractivity contribution in [1.29, 1.82) is 0 Å². The van der Waals surface area contributed by atoms with Gasteiger partial charge >= 0.3 is 0 Å². The van der Waals surface area contributed by atoms with E-state index in [-0.39, 0.29) is 0 Å². The summed E-state index contributed by atoms with van der Waals surface area (Å²) < 4.78 is 0. The molecule has 0 aliphatic heterocycles. The van der Waals surface area contributed by atoms with Gasteiger partial charge in [0.1, 0.15) is 0 Å². The summed E-state index contributed by atoms with van der Waals surface area (Å²) in [6.07, 6.45) is 5.14. The smallest absolute Gasteiger partial charge is 0.0276 e. The first kappa shape index (κ1) is 8.41. The maximum absolute atomic E-state index is 4.11. The lowest BCUT2D eigenvalue weighted by Gasteiger charge is -1.96. The van der Waals surface area contributed by atoms with Crippen molar-refractivity contribution in [3.05, 3.63) is 12.7 Å². The zero-order chi connectivity index (χ0) is 7.11. The minimum atomic E-state index is 1.06. The molecule has 1 nitrogen and oxygen atoms in total. The van der Waals surface area contributed by atoms with E-state index in [0.29, 0.717) is 0 Å². The fraction of sp³-hybridized carbons (Fsp3) is 0.625. The molecule has 0 fully saturated rings. The molecule has 9 heavy (non-hydrogen) atoms. The van der Waals surface area contributed by atoms with Crippen LogP contribution < -0.4 is 0 Å². The van der Waals surface area contributed by atoms with E-state index in [2.05, 4.69) is 18.5 Å². The highest BCUT2D eigenvalue weighted by atomic mass is 14.7. The third-order valence-electron chi connectivity index (χ3n) is 1.36. The van der Waals surface area contributed by atoms with Gasteiger partial charge in [0.05, 0.1) is 0 Å². The lowest BCUT2D eigenvalue weighted by Crippen LogP contribution is -1.93. The van der Waals surface area contributed by atoms with E-state index in [9.17, 15) is 0 Å². The van der Waals surface area contributed by atoms with Crippen molar-refractivity contribution in [3.63, 3.8) is 0 Å². The zero-order valence-electron chi connectivity index (χ0n) is 6.35. The molecule has 0 rings (SSSR count). The fourth-order valence-corrected chi connectivity index (χ4v) is 0.715. The Bertz CT molecular complexity index is 103. The van der Waals surface area contributed by atoms with Gasteiger partial charge < -0.3 is 0 Å². The summed E-state index contributed by atoms with van der Waals surface area (Å²) in [7, 11) is 1.85. The standard InChI is InChI=1S/C8H15N/c1-4-6-7-8(5-2)9-3/h4H,1,5-7H2,2-3H3. The Labute approximate surface area is 57.5 Å². The Morgan fingerprint density at radius 3 is 2.67 bits per heavy atom. The quantitative estimate of drug-likeness (QED) is 0.404. The predicted octanol–water partition coefficient (Wildman–Crippen LogP) is 2.43. The van der Waals surface area contributed by atoms with Crippen molar-refractivity contribution in [2.45, 2.75) is 26.2 Å². The molecule has 0 aromatic rings. The summed E-state index contributed by atoms with van der Waals surface area (Å²) >= 11 is 0. The third-order valence-corrected chi connectivity index (χ3v) is 1.36. The fourth-order valence-electron chi connectivity index (χ4n) is 0.715. The Hall–Kier alpha value is -0.590. The van der Waals surface area contributed by atoms with Crippen LogP contribution in [0, 0.1) is 0 Å². The van der Waals surface area contributed by atoms with Crippen LogP contribution >= 0.6 is 0 Å². The molecule has 0 bridgehead atoms. The number of allylic oxidation sites excluding steroid dienone is 1. The van der Waals surface area contributed by atoms with E-state index >= 15 is 0 Å². The van der Waals surface area contributed by atoms with Gasteiger partial charge in [-0.05, 0) is 19.3 Å². The number of rotatable bonds is 4. The molecule has 0 amide bonds. The average molecular weight is 125 g/mol. The van der Waals surface area contributed by atoms with Crippen LogP contribution in [0.5, 0.6) is 0 Å². The van der Waals surface area contributed by atoms with Crippen LogP contribution in [0.4, 0.5) is 0 Å². The highest BCUT2D eigenvalue weighted by Gasteiger charge is 1.90. The van der Waals surface area contributed by atoms with Crippen LogP contribution in [0.2, 0.25) is 0 Å². The van der Waals surface area contributed by atoms with E-state index in [4.69, 9.17) is 0 Å². The number of hydrogen-bond acceptors (Lipinski definition) is 1. The topological polar surface area (TPSA) is 12.4 Å². The van der Waals surface area contributed by atoms with Gasteiger partial charge in [0.15, 0.2) is 0 Å².